The van der Waals surface area contributed by atoms with Crippen molar-refractivity contribution in [1.29, 1.82) is 0 Å². The van der Waals surface area contributed by atoms with E-state index in [1.165, 1.54) is 5.56 Å². The minimum Gasteiger partial charge on any atom is -0.494 e. The summed E-state index contributed by atoms with van der Waals surface area (Å²) in [6, 6.07) is 3.89. The number of ether oxygens (including phenoxy) is 2. The normalized spacial score (nSPS) is 13.9. The number of aromatic amines is 1. The molecule has 166 valence electrons. The summed E-state index contributed by atoms with van der Waals surface area (Å²) in [5.74, 6) is 1.41. The number of aromatic nitrogens is 4. The molecular weight excluding hydrogens is 428 g/mol. The van der Waals surface area contributed by atoms with Crippen molar-refractivity contribution >= 4 is 50.1 Å². The highest BCUT2D eigenvalue weighted by Crippen LogP contribution is 2.40. The highest BCUT2D eigenvalue weighted by molar-refractivity contribution is 7.19. The van der Waals surface area contributed by atoms with Crippen molar-refractivity contribution in [2.75, 3.05) is 19.0 Å². The van der Waals surface area contributed by atoms with Gasteiger partial charge in [-0.3, -0.25) is 5.10 Å². The van der Waals surface area contributed by atoms with Gasteiger partial charge in [-0.1, -0.05) is 0 Å². The predicted octanol–water partition coefficient (Wildman–Crippen LogP) is 4.61. The van der Waals surface area contributed by atoms with Gasteiger partial charge in [-0.25, -0.2) is 14.8 Å². The predicted molar refractivity (Wildman–Crippen MR) is 124 cm³/mol. The van der Waals surface area contributed by atoms with Gasteiger partial charge < -0.3 is 19.7 Å². The zero-order valence-corrected chi connectivity index (χ0v) is 19.2. The second-order valence-electron chi connectivity index (χ2n) is 8.69. The van der Waals surface area contributed by atoms with Crippen LogP contribution in [0, 0.1) is 0 Å². The van der Waals surface area contributed by atoms with Crippen LogP contribution < -0.4 is 10.1 Å². The van der Waals surface area contributed by atoms with Crippen molar-refractivity contribution in [2.24, 2.45) is 0 Å². The van der Waals surface area contributed by atoms with Gasteiger partial charge in [0.15, 0.2) is 0 Å². The van der Waals surface area contributed by atoms with Gasteiger partial charge in [-0.15, -0.1) is 11.3 Å². The number of amides is 1. The summed E-state index contributed by atoms with van der Waals surface area (Å²) in [4.78, 5) is 25.3. The Labute approximate surface area is 188 Å². The van der Waals surface area contributed by atoms with Gasteiger partial charge in [0.1, 0.15) is 28.3 Å². The van der Waals surface area contributed by atoms with E-state index in [2.05, 4.69) is 25.5 Å². The minimum atomic E-state index is -0.519. The number of thiophene rings is 1. The maximum atomic E-state index is 12.5. The molecule has 0 saturated carbocycles. The molecule has 0 radical (unpaired) electrons. The molecule has 1 aromatic carbocycles. The fourth-order valence-corrected chi connectivity index (χ4v) is 5.07. The van der Waals surface area contributed by atoms with Gasteiger partial charge in [0.25, 0.3) is 0 Å². The average molecular weight is 453 g/mol. The van der Waals surface area contributed by atoms with Gasteiger partial charge >= 0.3 is 6.09 Å². The van der Waals surface area contributed by atoms with E-state index in [1.807, 2.05) is 32.9 Å². The molecule has 5 rings (SSSR count). The van der Waals surface area contributed by atoms with Crippen LogP contribution in [0.1, 0.15) is 31.2 Å². The van der Waals surface area contributed by atoms with Crippen molar-refractivity contribution in [1.82, 2.24) is 25.1 Å². The molecule has 0 bridgehead atoms. The summed E-state index contributed by atoms with van der Waals surface area (Å²) in [6.45, 7) is 6.73. The molecule has 3 aromatic heterocycles. The third-order valence-electron chi connectivity index (χ3n) is 5.30. The molecule has 4 aromatic rings. The van der Waals surface area contributed by atoms with Gasteiger partial charge in [-0.05, 0) is 38.8 Å². The van der Waals surface area contributed by atoms with Crippen LogP contribution in [-0.4, -0.2) is 50.4 Å². The lowest BCUT2D eigenvalue weighted by Gasteiger charge is -2.30. The summed E-state index contributed by atoms with van der Waals surface area (Å²) < 4.78 is 11.1. The molecule has 0 spiro atoms. The van der Waals surface area contributed by atoms with Crippen molar-refractivity contribution in [3.8, 4) is 5.75 Å². The Bertz CT molecular complexity index is 1320. The molecule has 0 aliphatic carbocycles. The molecular formula is C22H24N6O3S. The number of methoxy groups -OCH3 is 1. The summed E-state index contributed by atoms with van der Waals surface area (Å²) in [7, 11) is 1.63. The van der Waals surface area contributed by atoms with E-state index in [9.17, 15) is 4.79 Å². The molecule has 9 nitrogen and oxygen atoms in total. The number of hydrogen-bond donors (Lipinski definition) is 2. The fraction of sp³-hybridized carbons (Fsp3) is 0.364. The van der Waals surface area contributed by atoms with Crippen molar-refractivity contribution in [3.63, 3.8) is 0 Å². The Balaban J connectivity index is 1.49. The van der Waals surface area contributed by atoms with Crippen LogP contribution in [-0.2, 0) is 17.7 Å². The number of nitrogens with one attached hydrogen (secondary N) is 2. The monoisotopic (exact) mass is 452 g/mol. The quantitative estimate of drug-likeness (QED) is 0.467. The number of anilines is 2. The summed E-state index contributed by atoms with van der Waals surface area (Å²) in [5, 5.41) is 12.4. The number of nitrogens with zero attached hydrogens (tertiary/aromatic N) is 4. The van der Waals surface area contributed by atoms with Crippen molar-refractivity contribution < 1.29 is 14.3 Å². The molecule has 0 saturated heterocycles. The minimum absolute atomic E-state index is 0.289. The van der Waals surface area contributed by atoms with Crippen LogP contribution in [0.5, 0.6) is 5.75 Å². The number of H-pyrrole nitrogens is 1. The average Bonchev–Trinajstić information content (AvgIpc) is 3.35. The van der Waals surface area contributed by atoms with E-state index >= 15 is 0 Å². The highest BCUT2D eigenvalue weighted by atomic mass is 32.1. The molecule has 1 aliphatic rings. The van der Waals surface area contributed by atoms with Gasteiger partial charge in [0.05, 0.1) is 36.4 Å². The van der Waals surface area contributed by atoms with E-state index in [0.29, 0.717) is 25.3 Å². The molecule has 10 heteroatoms. The number of benzene rings is 1. The number of carbonyl (C=O) groups excluding carboxylic acids is 1. The van der Waals surface area contributed by atoms with Crippen molar-refractivity contribution in [3.05, 3.63) is 35.1 Å². The number of fused-ring (bicyclic) bond motifs is 4. The van der Waals surface area contributed by atoms with Gasteiger partial charge in [0, 0.05) is 22.9 Å². The first-order valence-corrected chi connectivity index (χ1v) is 11.2. The van der Waals surface area contributed by atoms with E-state index in [1.54, 1.807) is 35.9 Å². The molecule has 4 heterocycles. The molecule has 1 amide bonds. The standard InChI is InChI=1S/C22H24N6O3S/c1-22(2,3)31-21(29)28-6-5-13-17(10-28)32-20-18(13)19(23-11-24-20)26-15-7-12-9-25-27-14(12)8-16(15)30-4/h7-9,11H,5-6,10H2,1-4H3,(H,25,27)(H,23,24,26). The first kappa shape index (κ1) is 20.5. The maximum absolute atomic E-state index is 12.5. The Morgan fingerprint density at radius 2 is 2.12 bits per heavy atom. The van der Waals surface area contributed by atoms with Crippen LogP contribution in [0.3, 0.4) is 0 Å². The molecule has 32 heavy (non-hydrogen) atoms. The molecule has 2 N–H and O–H groups in total. The lowest BCUT2D eigenvalue weighted by molar-refractivity contribution is 0.0227. The van der Waals surface area contributed by atoms with Gasteiger partial charge in [-0.2, -0.15) is 5.10 Å². The van der Waals surface area contributed by atoms with E-state index in [4.69, 9.17) is 9.47 Å². The maximum Gasteiger partial charge on any atom is 0.410 e. The van der Waals surface area contributed by atoms with Crippen LogP contribution in [0.15, 0.2) is 24.7 Å². The zero-order chi connectivity index (χ0) is 22.5. The second-order valence-corrected chi connectivity index (χ2v) is 9.78. The fourth-order valence-electron chi connectivity index (χ4n) is 3.87. The topological polar surface area (TPSA) is 105 Å². The third kappa shape index (κ3) is 3.70. The molecule has 0 atom stereocenters. The van der Waals surface area contributed by atoms with E-state index in [-0.39, 0.29) is 6.09 Å². The van der Waals surface area contributed by atoms with Crippen LogP contribution in [0.25, 0.3) is 21.1 Å². The number of rotatable bonds is 3. The van der Waals surface area contributed by atoms with E-state index in [0.717, 1.165) is 37.5 Å². The molecule has 0 unspecified atom stereocenters. The summed E-state index contributed by atoms with van der Waals surface area (Å²) >= 11 is 1.59. The smallest absolute Gasteiger partial charge is 0.410 e. The lowest BCUT2D eigenvalue weighted by Crippen LogP contribution is -2.39. The lowest BCUT2D eigenvalue weighted by atomic mass is 10.1. The Morgan fingerprint density at radius 3 is 2.91 bits per heavy atom. The van der Waals surface area contributed by atoms with E-state index < -0.39 is 5.60 Å². The number of hydrogen-bond acceptors (Lipinski definition) is 8. The molecule has 1 aliphatic heterocycles. The summed E-state index contributed by atoms with van der Waals surface area (Å²) in [5.41, 5.74) is 2.36. The van der Waals surface area contributed by atoms with Gasteiger partial charge in [0.2, 0.25) is 0 Å². The molecule has 0 fully saturated rings. The zero-order valence-electron chi connectivity index (χ0n) is 18.4. The highest BCUT2D eigenvalue weighted by Gasteiger charge is 2.29. The van der Waals surface area contributed by atoms with Crippen LogP contribution in [0.4, 0.5) is 16.3 Å². The number of carbonyl (C=O) groups is 1. The first-order chi connectivity index (χ1) is 15.3. The SMILES string of the molecule is COc1cc2[nH]ncc2cc1Nc1ncnc2sc3c(c12)CCN(C(=O)OC(C)(C)C)C3. The van der Waals surface area contributed by atoms with Crippen molar-refractivity contribution in [2.45, 2.75) is 39.3 Å². The largest absolute Gasteiger partial charge is 0.494 e. The Morgan fingerprint density at radius 1 is 1.28 bits per heavy atom. The second kappa shape index (κ2) is 7.63. The Hall–Kier alpha value is -3.40. The Kier molecular flexibility index (Phi) is 4.89. The van der Waals surface area contributed by atoms with Crippen LogP contribution in [0.2, 0.25) is 0 Å². The summed E-state index contributed by atoms with van der Waals surface area (Å²) in [6.07, 6.45) is 3.76. The van der Waals surface area contributed by atoms with Crippen LogP contribution >= 0.6 is 11.3 Å². The first-order valence-electron chi connectivity index (χ1n) is 10.3. The third-order valence-corrected chi connectivity index (χ3v) is 6.43.